The van der Waals surface area contributed by atoms with Crippen LogP contribution in [0.3, 0.4) is 0 Å². The first kappa shape index (κ1) is 9.39. The molecule has 2 aliphatic rings. The van der Waals surface area contributed by atoms with Gasteiger partial charge in [0.05, 0.1) is 0 Å². The van der Waals surface area contributed by atoms with E-state index in [1.165, 1.54) is 0 Å². The zero-order chi connectivity index (χ0) is 10.7. The van der Waals surface area contributed by atoms with Gasteiger partial charge in [-0.2, -0.15) is 0 Å². The molecular formula is C8H10FNO4. The van der Waals surface area contributed by atoms with Crippen LogP contribution >= 0.6 is 0 Å². The molecule has 0 aromatic heterocycles. The predicted molar refractivity (Wildman–Crippen MR) is 42.2 cm³/mol. The maximum absolute atomic E-state index is 13.6. The van der Waals surface area contributed by atoms with Gasteiger partial charge >= 0.3 is 11.9 Å². The Bertz CT molecular complexity index is 333. The summed E-state index contributed by atoms with van der Waals surface area (Å²) in [5.41, 5.74) is 1.39. The second-order valence-electron chi connectivity index (χ2n) is 4.04. The monoisotopic (exact) mass is 203 g/mol. The van der Waals surface area contributed by atoms with Crippen LogP contribution in [-0.4, -0.2) is 33.4 Å². The molecule has 0 amide bonds. The van der Waals surface area contributed by atoms with Gasteiger partial charge in [0, 0.05) is 11.8 Å². The lowest BCUT2D eigenvalue weighted by molar-refractivity contribution is -0.149. The Balaban J connectivity index is 2.31. The van der Waals surface area contributed by atoms with Crippen molar-refractivity contribution in [1.82, 2.24) is 0 Å². The normalized spacial score (nSPS) is 49.9. The molecule has 4 N–H and O–H groups in total. The molecule has 0 aromatic rings. The molecule has 0 saturated heterocycles. The Kier molecular flexibility index (Phi) is 1.51. The molecule has 0 spiro atoms. The number of halogens is 1. The average Bonchev–Trinajstić information content (AvgIpc) is 2.50. The minimum Gasteiger partial charge on any atom is -0.480 e. The van der Waals surface area contributed by atoms with Gasteiger partial charge in [-0.05, 0) is 12.8 Å². The summed E-state index contributed by atoms with van der Waals surface area (Å²) in [7, 11) is 0. The van der Waals surface area contributed by atoms with Crippen molar-refractivity contribution in [3.8, 4) is 0 Å². The number of carboxylic acids is 2. The Hall–Kier alpha value is -1.17. The van der Waals surface area contributed by atoms with Crippen molar-refractivity contribution in [3.63, 3.8) is 0 Å². The van der Waals surface area contributed by atoms with Crippen molar-refractivity contribution < 1.29 is 24.2 Å². The van der Waals surface area contributed by atoms with E-state index in [4.69, 9.17) is 15.9 Å². The fraction of sp³-hybridized carbons (Fsp3) is 0.750. The van der Waals surface area contributed by atoms with E-state index in [0.717, 1.165) is 0 Å². The number of aliphatic carboxylic acids is 2. The topological polar surface area (TPSA) is 101 Å². The van der Waals surface area contributed by atoms with Crippen molar-refractivity contribution in [2.75, 3.05) is 0 Å². The molecule has 0 aromatic carbocycles. The van der Waals surface area contributed by atoms with Gasteiger partial charge in [-0.15, -0.1) is 0 Å². The molecule has 4 atom stereocenters. The number of carboxylic acid groups (broad SMARTS) is 2. The van der Waals surface area contributed by atoms with Crippen molar-refractivity contribution in [2.24, 2.45) is 17.6 Å². The summed E-state index contributed by atoms with van der Waals surface area (Å²) < 4.78 is 13.6. The van der Waals surface area contributed by atoms with E-state index in [0.29, 0.717) is 0 Å². The van der Waals surface area contributed by atoms with E-state index >= 15 is 0 Å². The quantitative estimate of drug-likeness (QED) is 0.567. The Morgan fingerprint density at radius 2 is 1.93 bits per heavy atom. The van der Waals surface area contributed by atoms with Crippen LogP contribution in [0.1, 0.15) is 12.8 Å². The fourth-order valence-corrected chi connectivity index (χ4v) is 2.62. The first-order valence-corrected chi connectivity index (χ1v) is 4.29. The van der Waals surface area contributed by atoms with Gasteiger partial charge in [-0.3, -0.25) is 4.79 Å². The van der Waals surface area contributed by atoms with Gasteiger partial charge in [0.25, 0.3) is 0 Å². The third-order valence-electron chi connectivity index (χ3n) is 3.44. The van der Waals surface area contributed by atoms with Gasteiger partial charge in [0.1, 0.15) is 5.54 Å². The zero-order valence-corrected chi connectivity index (χ0v) is 7.24. The lowest BCUT2D eigenvalue weighted by Crippen LogP contribution is -2.51. The summed E-state index contributed by atoms with van der Waals surface area (Å²) in [5, 5.41) is 17.4. The van der Waals surface area contributed by atoms with Crippen molar-refractivity contribution >= 4 is 11.9 Å². The molecule has 0 heterocycles. The van der Waals surface area contributed by atoms with Crippen LogP contribution in [-0.2, 0) is 9.59 Å². The van der Waals surface area contributed by atoms with Crippen LogP contribution in [0.25, 0.3) is 0 Å². The van der Waals surface area contributed by atoms with Crippen LogP contribution in [0, 0.1) is 11.8 Å². The number of rotatable bonds is 2. The highest BCUT2D eigenvalue weighted by molar-refractivity contribution is 5.89. The van der Waals surface area contributed by atoms with Crippen molar-refractivity contribution in [1.29, 1.82) is 0 Å². The van der Waals surface area contributed by atoms with E-state index in [2.05, 4.69) is 0 Å². The number of fused-ring (bicyclic) bond motifs is 1. The van der Waals surface area contributed by atoms with Crippen LogP contribution in [0.4, 0.5) is 4.39 Å². The molecule has 14 heavy (non-hydrogen) atoms. The van der Waals surface area contributed by atoms with E-state index in [-0.39, 0.29) is 12.8 Å². The Morgan fingerprint density at radius 1 is 1.36 bits per heavy atom. The van der Waals surface area contributed by atoms with Crippen LogP contribution in [0.2, 0.25) is 0 Å². The van der Waals surface area contributed by atoms with E-state index in [1.807, 2.05) is 0 Å². The fourth-order valence-electron chi connectivity index (χ4n) is 2.62. The molecule has 2 aliphatic carbocycles. The number of hydrogen-bond acceptors (Lipinski definition) is 3. The zero-order valence-electron chi connectivity index (χ0n) is 7.24. The number of hydrogen-bond donors (Lipinski definition) is 3. The van der Waals surface area contributed by atoms with Crippen molar-refractivity contribution in [2.45, 2.75) is 24.0 Å². The minimum atomic E-state index is -2.41. The van der Waals surface area contributed by atoms with Gasteiger partial charge in [0.2, 0.25) is 5.67 Å². The summed E-state index contributed by atoms with van der Waals surface area (Å²) in [4.78, 5) is 21.4. The average molecular weight is 203 g/mol. The van der Waals surface area contributed by atoms with Crippen LogP contribution < -0.4 is 5.73 Å². The molecule has 0 bridgehead atoms. The SMILES string of the molecule is N[C@@]1(C(=O)O)CC[C@@H]2[C@H]1[C@]2(F)C(=O)O. The highest BCUT2D eigenvalue weighted by Crippen LogP contribution is 2.66. The van der Waals surface area contributed by atoms with Gasteiger partial charge < -0.3 is 15.9 Å². The minimum absolute atomic E-state index is 0.149. The third-order valence-corrected chi connectivity index (χ3v) is 3.44. The summed E-state index contributed by atoms with van der Waals surface area (Å²) in [6.45, 7) is 0. The molecule has 0 unspecified atom stereocenters. The second kappa shape index (κ2) is 2.25. The molecule has 0 aliphatic heterocycles. The van der Waals surface area contributed by atoms with E-state index in [1.54, 1.807) is 0 Å². The number of carbonyl (C=O) groups is 2. The van der Waals surface area contributed by atoms with Gasteiger partial charge in [-0.25, -0.2) is 9.18 Å². The predicted octanol–water partition coefficient (Wildman–Crippen LogP) is -0.399. The van der Waals surface area contributed by atoms with Gasteiger partial charge in [0.15, 0.2) is 0 Å². The summed E-state index contributed by atoms with van der Waals surface area (Å²) in [6.07, 6.45) is 0.382. The highest BCUT2D eigenvalue weighted by atomic mass is 19.1. The summed E-state index contributed by atoms with van der Waals surface area (Å²) in [5.74, 6) is -4.69. The van der Waals surface area contributed by atoms with Crippen LogP contribution in [0.5, 0.6) is 0 Å². The molecule has 0 radical (unpaired) electrons. The summed E-state index contributed by atoms with van der Waals surface area (Å²) >= 11 is 0. The number of alkyl halides is 1. The molecular weight excluding hydrogens is 193 g/mol. The first-order chi connectivity index (χ1) is 6.35. The second-order valence-corrected chi connectivity index (χ2v) is 4.04. The Morgan fingerprint density at radius 3 is 2.29 bits per heavy atom. The molecule has 2 saturated carbocycles. The standard InChI is InChI=1S/C8H10FNO4/c9-8(6(13)14)3-1-2-7(10,4(3)8)5(11)12/h3-4H,1-2,10H2,(H,11,12)(H,13,14)/t3-,4-,7+,8+/m1/s1. The lowest BCUT2D eigenvalue weighted by atomic mass is 9.91. The van der Waals surface area contributed by atoms with E-state index in [9.17, 15) is 14.0 Å². The maximum atomic E-state index is 13.6. The maximum Gasteiger partial charge on any atom is 0.342 e. The van der Waals surface area contributed by atoms with E-state index < -0.39 is 35.0 Å². The lowest BCUT2D eigenvalue weighted by Gasteiger charge is -2.22. The highest BCUT2D eigenvalue weighted by Gasteiger charge is 2.82. The third kappa shape index (κ3) is 0.771. The molecule has 2 fully saturated rings. The first-order valence-electron chi connectivity index (χ1n) is 4.29. The molecule has 2 rings (SSSR count). The van der Waals surface area contributed by atoms with Crippen LogP contribution in [0.15, 0.2) is 0 Å². The largest absolute Gasteiger partial charge is 0.480 e. The number of nitrogens with two attached hydrogens (primary N) is 1. The Labute approximate surface area is 78.7 Å². The molecule has 6 heteroatoms. The van der Waals surface area contributed by atoms with Gasteiger partial charge in [-0.1, -0.05) is 0 Å². The van der Waals surface area contributed by atoms with Crippen molar-refractivity contribution in [3.05, 3.63) is 0 Å². The smallest absolute Gasteiger partial charge is 0.342 e. The molecule has 78 valence electrons. The summed E-state index contributed by atoms with van der Waals surface area (Å²) in [6, 6.07) is 0. The molecule has 5 nitrogen and oxygen atoms in total.